The molecule has 0 heterocycles. The first-order valence-corrected chi connectivity index (χ1v) is 8.80. The molecule has 2 amide bonds. The van der Waals surface area contributed by atoms with E-state index >= 15 is 0 Å². The summed E-state index contributed by atoms with van der Waals surface area (Å²) >= 11 is 0. The lowest BCUT2D eigenvalue weighted by Gasteiger charge is -2.24. The van der Waals surface area contributed by atoms with Crippen LogP contribution < -0.4 is 10.6 Å². The van der Waals surface area contributed by atoms with Crippen LogP contribution in [0, 0.1) is 0 Å². The zero-order chi connectivity index (χ0) is 18.9. The minimum absolute atomic E-state index is 0.127. The number of anilines is 1. The van der Waals surface area contributed by atoms with E-state index in [2.05, 4.69) is 10.6 Å². The Bertz CT molecular complexity index is 731. The normalized spacial score (nSPS) is 12.9. The molecular weight excluding hydrogens is 328 g/mol. The summed E-state index contributed by atoms with van der Waals surface area (Å²) < 4.78 is 0. The Labute approximate surface area is 154 Å². The second-order valence-corrected chi connectivity index (χ2v) is 6.44. The van der Waals surface area contributed by atoms with Crippen molar-refractivity contribution in [2.75, 3.05) is 5.32 Å². The van der Waals surface area contributed by atoms with E-state index in [1.165, 1.54) is 13.8 Å². The van der Waals surface area contributed by atoms with Crippen molar-refractivity contribution in [3.8, 4) is 0 Å². The number of nitrogens with one attached hydrogen (secondary N) is 2. The third-order valence-corrected chi connectivity index (χ3v) is 4.19. The van der Waals surface area contributed by atoms with Crippen LogP contribution in [0.5, 0.6) is 0 Å². The molecule has 138 valence electrons. The zero-order valence-corrected chi connectivity index (χ0v) is 15.2. The van der Waals surface area contributed by atoms with Gasteiger partial charge in [0.25, 0.3) is 0 Å². The zero-order valence-electron chi connectivity index (χ0n) is 15.2. The molecule has 3 N–H and O–H groups in total. The van der Waals surface area contributed by atoms with E-state index in [0.29, 0.717) is 19.3 Å². The maximum absolute atomic E-state index is 11.5. The van der Waals surface area contributed by atoms with Crippen molar-refractivity contribution >= 4 is 17.5 Å². The van der Waals surface area contributed by atoms with Gasteiger partial charge in [0.05, 0.1) is 12.1 Å². The highest BCUT2D eigenvalue weighted by Crippen LogP contribution is 2.19. The first kappa shape index (κ1) is 19.7. The fourth-order valence-electron chi connectivity index (χ4n) is 2.97. The van der Waals surface area contributed by atoms with Crippen molar-refractivity contribution in [1.29, 1.82) is 0 Å². The van der Waals surface area contributed by atoms with Crippen LogP contribution in [0.3, 0.4) is 0 Å². The molecule has 0 fully saturated rings. The minimum Gasteiger partial charge on any atom is -0.391 e. The summed E-state index contributed by atoms with van der Waals surface area (Å²) in [7, 11) is 0. The smallest absolute Gasteiger partial charge is 0.221 e. The topological polar surface area (TPSA) is 78.4 Å². The number of aryl methyl sites for hydroxylation is 1. The van der Waals surface area contributed by atoms with Gasteiger partial charge < -0.3 is 15.7 Å². The van der Waals surface area contributed by atoms with Gasteiger partial charge >= 0.3 is 0 Å². The number of benzene rings is 2. The first-order chi connectivity index (χ1) is 12.5. The molecule has 0 aliphatic carbocycles. The molecular formula is C21H26N2O3. The van der Waals surface area contributed by atoms with E-state index in [9.17, 15) is 14.7 Å². The first-order valence-electron chi connectivity index (χ1n) is 8.80. The molecule has 0 radical (unpaired) electrons. The SMILES string of the molecule is CC(=O)Nc1ccccc1CCC(O)C(Cc1ccccc1)NC(C)=O. The summed E-state index contributed by atoms with van der Waals surface area (Å²) in [6.45, 7) is 2.93. The van der Waals surface area contributed by atoms with Gasteiger partial charge in [0.1, 0.15) is 0 Å². The van der Waals surface area contributed by atoms with Crippen molar-refractivity contribution in [3.63, 3.8) is 0 Å². The summed E-state index contributed by atoms with van der Waals surface area (Å²) in [6.07, 6.45) is 0.954. The van der Waals surface area contributed by atoms with Crippen LogP contribution in [-0.2, 0) is 22.4 Å². The third kappa shape index (κ3) is 6.33. The predicted molar refractivity (Wildman–Crippen MR) is 103 cm³/mol. The summed E-state index contributed by atoms with van der Waals surface area (Å²) in [5.74, 6) is -0.290. The molecule has 5 heteroatoms. The number of aliphatic hydroxyl groups excluding tert-OH is 1. The van der Waals surface area contributed by atoms with Gasteiger partial charge in [0.2, 0.25) is 11.8 Å². The quantitative estimate of drug-likeness (QED) is 0.682. The molecule has 2 unspecified atom stereocenters. The Morgan fingerprint density at radius 1 is 0.962 bits per heavy atom. The lowest BCUT2D eigenvalue weighted by molar-refractivity contribution is -0.120. The van der Waals surface area contributed by atoms with Crippen LogP contribution in [0.4, 0.5) is 5.69 Å². The lowest BCUT2D eigenvalue weighted by atomic mass is 9.96. The minimum atomic E-state index is -0.690. The maximum atomic E-state index is 11.5. The number of para-hydroxylation sites is 1. The van der Waals surface area contributed by atoms with Gasteiger partial charge in [-0.05, 0) is 36.5 Å². The highest BCUT2D eigenvalue weighted by molar-refractivity contribution is 5.89. The van der Waals surface area contributed by atoms with E-state index in [4.69, 9.17) is 0 Å². The third-order valence-electron chi connectivity index (χ3n) is 4.19. The molecule has 26 heavy (non-hydrogen) atoms. The van der Waals surface area contributed by atoms with Crippen LogP contribution in [0.2, 0.25) is 0 Å². The largest absolute Gasteiger partial charge is 0.391 e. The van der Waals surface area contributed by atoms with Gasteiger partial charge in [-0.2, -0.15) is 0 Å². The number of rotatable bonds is 8. The fraction of sp³-hybridized carbons (Fsp3) is 0.333. The van der Waals surface area contributed by atoms with Gasteiger partial charge in [-0.3, -0.25) is 9.59 Å². The molecule has 2 rings (SSSR count). The van der Waals surface area contributed by atoms with Crippen LogP contribution >= 0.6 is 0 Å². The van der Waals surface area contributed by atoms with E-state index < -0.39 is 6.10 Å². The number of hydrogen-bond acceptors (Lipinski definition) is 3. The van der Waals surface area contributed by atoms with E-state index in [-0.39, 0.29) is 17.9 Å². The maximum Gasteiger partial charge on any atom is 0.221 e. The van der Waals surface area contributed by atoms with Gasteiger partial charge in [-0.15, -0.1) is 0 Å². The second-order valence-electron chi connectivity index (χ2n) is 6.44. The highest BCUT2D eigenvalue weighted by Gasteiger charge is 2.21. The number of hydrogen-bond donors (Lipinski definition) is 3. The molecule has 0 aliphatic heterocycles. The van der Waals surface area contributed by atoms with E-state index in [1.807, 2.05) is 54.6 Å². The Morgan fingerprint density at radius 2 is 1.62 bits per heavy atom. The van der Waals surface area contributed by atoms with Gasteiger partial charge in [-0.25, -0.2) is 0 Å². The Morgan fingerprint density at radius 3 is 2.27 bits per heavy atom. The van der Waals surface area contributed by atoms with Crippen molar-refractivity contribution in [2.45, 2.75) is 45.3 Å². The molecule has 0 saturated heterocycles. The van der Waals surface area contributed by atoms with Crippen LogP contribution in [0.25, 0.3) is 0 Å². The molecule has 2 atom stereocenters. The monoisotopic (exact) mass is 354 g/mol. The number of carbonyl (C=O) groups excluding carboxylic acids is 2. The lowest BCUT2D eigenvalue weighted by Crippen LogP contribution is -2.44. The van der Waals surface area contributed by atoms with Crippen LogP contribution in [0.15, 0.2) is 54.6 Å². The Kier molecular flexibility index (Phi) is 7.36. The molecule has 5 nitrogen and oxygen atoms in total. The second kappa shape index (κ2) is 9.73. The molecule has 0 spiro atoms. The molecule has 0 bridgehead atoms. The van der Waals surface area contributed by atoms with Crippen molar-refractivity contribution in [1.82, 2.24) is 5.32 Å². The van der Waals surface area contributed by atoms with Crippen molar-refractivity contribution < 1.29 is 14.7 Å². The summed E-state index contributed by atoms with van der Waals surface area (Å²) in [6, 6.07) is 17.0. The van der Waals surface area contributed by atoms with Gasteiger partial charge in [0.15, 0.2) is 0 Å². The Balaban J connectivity index is 2.04. The summed E-state index contributed by atoms with van der Waals surface area (Å²) in [5, 5.41) is 16.3. The molecule has 2 aromatic rings. The van der Waals surface area contributed by atoms with E-state index in [0.717, 1.165) is 16.8 Å². The predicted octanol–water partition coefficient (Wildman–Crippen LogP) is 2.69. The average molecular weight is 354 g/mol. The number of aliphatic hydroxyl groups is 1. The van der Waals surface area contributed by atoms with Gasteiger partial charge in [-0.1, -0.05) is 48.5 Å². The molecule has 2 aromatic carbocycles. The van der Waals surface area contributed by atoms with E-state index in [1.54, 1.807) is 0 Å². The Hall–Kier alpha value is -2.66. The van der Waals surface area contributed by atoms with Gasteiger partial charge in [0, 0.05) is 19.5 Å². The fourth-order valence-corrected chi connectivity index (χ4v) is 2.97. The van der Waals surface area contributed by atoms with Crippen molar-refractivity contribution in [3.05, 3.63) is 65.7 Å². The van der Waals surface area contributed by atoms with Crippen molar-refractivity contribution in [2.24, 2.45) is 0 Å². The molecule has 0 aromatic heterocycles. The standard InChI is InChI=1S/C21H26N2O3/c1-15(24)22-19-11-7-6-10-18(19)12-13-21(26)20(23-16(2)25)14-17-8-4-3-5-9-17/h3-11,20-21,26H,12-14H2,1-2H3,(H,22,24)(H,23,25). The van der Waals surface area contributed by atoms with Crippen LogP contribution in [0.1, 0.15) is 31.4 Å². The average Bonchev–Trinajstić information content (AvgIpc) is 2.60. The number of amides is 2. The number of carbonyl (C=O) groups is 2. The summed E-state index contributed by atoms with van der Waals surface area (Å²) in [5.41, 5.74) is 2.78. The molecule has 0 saturated carbocycles. The summed E-state index contributed by atoms with van der Waals surface area (Å²) in [4.78, 5) is 22.9. The molecule has 0 aliphatic rings. The van der Waals surface area contributed by atoms with Crippen LogP contribution in [-0.4, -0.2) is 29.1 Å². The highest BCUT2D eigenvalue weighted by atomic mass is 16.3.